The molecule has 37 heavy (non-hydrogen) atoms. The number of carbonyl (C=O) groups excluding carboxylic acids is 1. The predicted octanol–water partition coefficient (Wildman–Crippen LogP) is 5.20. The van der Waals surface area contributed by atoms with Gasteiger partial charge in [-0.05, 0) is 50.7 Å². The van der Waals surface area contributed by atoms with Crippen molar-refractivity contribution in [3.63, 3.8) is 0 Å². The molecule has 5 rings (SSSR count). The molecule has 0 radical (unpaired) electrons. The van der Waals surface area contributed by atoms with Gasteiger partial charge in [0.05, 0.1) is 23.0 Å². The molecule has 2 saturated carbocycles. The summed E-state index contributed by atoms with van der Waals surface area (Å²) in [5, 5.41) is 16.9. The number of anilines is 3. The lowest BCUT2D eigenvalue weighted by molar-refractivity contribution is -0.122. The summed E-state index contributed by atoms with van der Waals surface area (Å²) in [6.45, 7) is 0.571. The molecule has 2 heterocycles. The topological polar surface area (TPSA) is 131 Å². The van der Waals surface area contributed by atoms with E-state index in [0.29, 0.717) is 55.3 Å². The molecular weight excluding hydrogens is 520 g/mol. The zero-order chi connectivity index (χ0) is 26.1. The molecule has 1 aromatic carbocycles. The van der Waals surface area contributed by atoms with Gasteiger partial charge in [-0.25, -0.2) is 14.4 Å². The van der Waals surface area contributed by atoms with Crippen LogP contribution in [0.4, 0.5) is 22.0 Å². The number of aromatic nitrogens is 4. The van der Waals surface area contributed by atoms with Crippen molar-refractivity contribution < 1.29 is 14.3 Å². The molecule has 3 aromatic rings. The SMILES string of the molecule is NC(=O)[C@H]1CC[C@@H](n2c(Nc3c(F)cc(Cl)cc3Cl)nc3cnc(NC[C@@H]4CCCC[C@@H]4O)nc32)CC1. The van der Waals surface area contributed by atoms with Crippen molar-refractivity contribution in [2.75, 3.05) is 17.2 Å². The molecular formula is C25H30Cl2FN7O2. The number of benzene rings is 1. The minimum atomic E-state index is -0.604. The van der Waals surface area contributed by atoms with Gasteiger partial charge in [0.1, 0.15) is 11.3 Å². The first kappa shape index (κ1) is 25.9. The standard InChI is InChI=1S/C25H30Cl2FN7O2/c26-15-9-17(27)21(18(28)10-15)33-25-32-19-12-31-24(30-11-14-3-1-2-4-20(14)36)34-23(19)35(25)16-7-5-13(6-8-16)22(29)37/h9-10,12-14,16,20,36H,1-8,11H2,(H2,29,37)(H,32,33)(H,30,31,34)/t13-,14-,16+,20-/m0/s1. The maximum Gasteiger partial charge on any atom is 0.224 e. The van der Waals surface area contributed by atoms with Crippen LogP contribution in [0, 0.1) is 17.7 Å². The average Bonchev–Trinajstić information content (AvgIpc) is 3.23. The van der Waals surface area contributed by atoms with Crippen molar-refractivity contribution in [3.8, 4) is 0 Å². The monoisotopic (exact) mass is 549 g/mol. The number of carbonyl (C=O) groups is 1. The second kappa shape index (κ2) is 11.0. The predicted molar refractivity (Wildman–Crippen MR) is 142 cm³/mol. The number of hydrogen-bond donors (Lipinski definition) is 4. The summed E-state index contributed by atoms with van der Waals surface area (Å²) in [6, 6.07) is 2.60. The van der Waals surface area contributed by atoms with E-state index in [9.17, 15) is 14.3 Å². The fourth-order valence-electron chi connectivity index (χ4n) is 5.45. The van der Waals surface area contributed by atoms with Gasteiger partial charge in [-0.3, -0.25) is 9.36 Å². The Hall–Kier alpha value is -2.69. The Balaban J connectivity index is 1.48. The number of amides is 1. The number of primary amides is 1. The number of halogens is 3. The van der Waals surface area contributed by atoms with Crippen LogP contribution >= 0.6 is 23.2 Å². The first-order valence-electron chi connectivity index (χ1n) is 12.7. The Morgan fingerprint density at radius 1 is 1.14 bits per heavy atom. The van der Waals surface area contributed by atoms with E-state index in [-0.39, 0.29) is 45.6 Å². The van der Waals surface area contributed by atoms with E-state index < -0.39 is 5.82 Å². The zero-order valence-corrected chi connectivity index (χ0v) is 21.8. The molecule has 9 nitrogen and oxygen atoms in total. The van der Waals surface area contributed by atoms with Gasteiger partial charge in [0, 0.05) is 29.4 Å². The van der Waals surface area contributed by atoms with Crippen molar-refractivity contribution in [2.24, 2.45) is 17.6 Å². The van der Waals surface area contributed by atoms with Gasteiger partial charge in [0.15, 0.2) is 5.65 Å². The van der Waals surface area contributed by atoms with Gasteiger partial charge in [-0.15, -0.1) is 0 Å². The molecule has 2 atom stereocenters. The van der Waals surface area contributed by atoms with E-state index >= 15 is 0 Å². The maximum absolute atomic E-state index is 14.8. The Kier molecular flexibility index (Phi) is 7.69. The van der Waals surface area contributed by atoms with E-state index in [1.807, 2.05) is 4.57 Å². The van der Waals surface area contributed by atoms with Crippen molar-refractivity contribution in [1.82, 2.24) is 19.5 Å². The van der Waals surface area contributed by atoms with Crippen LogP contribution in [0.25, 0.3) is 11.2 Å². The van der Waals surface area contributed by atoms with E-state index in [4.69, 9.17) is 33.9 Å². The summed E-state index contributed by atoms with van der Waals surface area (Å²) in [7, 11) is 0. The highest BCUT2D eigenvalue weighted by molar-refractivity contribution is 6.36. The molecule has 0 unspecified atom stereocenters. The molecule has 198 valence electrons. The largest absolute Gasteiger partial charge is 0.393 e. The molecule has 12 heteroatoms. The lowest BCUT2D eigenvalue weighted by Gasteiger charge is -2.29. The number of nitrogens with zero attached hydrogens (tertiary/aromatic N) is 4. The molecule has 2 fully saturated rings. The normalized spacial score (nSPS) is 24.2. The van der Waals surface area contributed by atoms with E-state index in [0.717, 1.165) is 25.7 Å². The Morgan fingerprint density at radius 3 is 2.59 bits per heavy atom. The average molecular weight is 550 g/mol. The fourth-order valence-corrected chi connectivity index (χ4v) is 5.97. The Labute approximate surface area is 224 Å². The lowest BCUT2D eigenvalue weighted by Crippen LogP contribution is -2.30. The third-order valence-electron chi connectivity index (χ3n) is 7.53. The number of nitrogens with one attached hydrogen (secondary N) is 2. The molecule has 0 spiro atoms. The molecule has 0 aliphatic heterocycles. The van der Waals surface area contributed by atoms with Gasteiger partial charge >= 0.3 is 0 Å². The van der Waals surface area contributed by atoms with Crippen LogP contribution in [0.5, 0.6) is 0 Å². The molecule has 0 bridgehead atoms. The number of aliphatic hydroxyl groups is 1. The number of aliphatic hydroxyl groups excluding tert-OH is 1. The van der Waals surface area contributed by atoms with Crippen LogP contribution in [0.2, 0.25) is 10.0 Å². The second-order valence-electron chi connectivity index (χ2n) is 9.98. The summed E-state index contributed by atoms with van der Waals surface area (Å²) in [6.07, 6.45) is 7.87. The van der Waals surface area contributed by atoms with E-state index in [1.54, 1.807) is 6.20 Å². The second-order valence-corrected chi connectivity index (χ2v) is 10.8. The van der Waals surface area contributed by atoms with Gasteiger partial charge in [0.2, 0.25) is 17.8 Å². The highest BCUT2D eigenvalue weighted by Gasteiger charge is 2.30. The van der Waals surface area contributed by atoms with Crippen LogP contribution in [0.1, 0.15) is 57.4 Å². The highest BCUT2D eigenvalue weighted by atomic mass is 35.5. The minimum absolute atomic E-state index is 0.0415. The maximum atomic E-state index is 14.8. The smallest absolute Gasteiger partial charge is 0.224 e. The number of hydrogen-bond acceptors (Lipinski definition) is 7. The summed E-state index contributed by atoms with van der Waals surface area (Å²) >= 11 is 12.2. The third-order valence-corrected chi connectivity index (χ3v) is 8.05. The summed E-state index contributed by atoms with van der Waals surface area (Å²) in [5.74, 6) is -0.114. The van der Waals surface area contributed by atoms with Crippen LogP contribution in [-0.4, -0.2) is 43.2 Å². The third kappa shape index (κ3) is 5.61. The van der Waals surface area contributed by atoms with Gasteiger partial charge < -0.3 is 21.5 Å². The van der Waals surface area contributed by atoms with Gasteiger partial charge in [0.25, 0.3) is 0 Å². The fraction of sp³-hybridized carbons (Fsp3) is 0.520. The van der Waals surface area contributed by atoms with E-state index in [2.05, 4.69) is 20.6 Å². The summed E-state index contributed by atoms with van der Waals surface area (Å²) in [5.41, 5.74) is 6.72. The van der Waals surface area contributed by atoms with Crippen LogP contribution in [-0.2, 0) is 4.79 Å². The Bertz CT molecular complexity index is 1270. The first-order chi connectivity index (χ1) is 17.8. The van der Waals surface area contributed by atoms with Crippen molar-refractivity contribution in [1.29, 1.82) is 0 Å². The molecule has 2 aliphatic carbocycles. The lowest BCUT2D eigenvalue weighted by atomic mass is 9.85. The minimum Gasteiger partial charge on any atom is -0.393 e. The quantitative estimate of drug-likeness (QED) is 0.318. The number of imidazole rings is 1. The first-order valence-corrected chi connectivity index (χ1v) is 13.4. The van der Waals surface area contributed by atoms with Gasteiger partial charge in [-0.2, -0.15) is 4.98 Å². The van der Waals surface area contributed by atoms with Crippen LogP contribution in [0.15, 0.2) is 18.3 Å². The van der Waals surface area contributed by atoms with Gasteiger partial charge in [-0.1, -0.05) is 36.0 Å². The number of rotatable bonds is 7. The number of fused-ring (bicyclic) bond motifs is 1. The summed E-state index contributed by atoms with van der Waals surface area (Å²) in [4.78, 5) is 25.5. The summed E-state index contributed by atoms with van der Waals surface area (Å²) < 4.78 is 16.7. The van der Waals surface area contributed by atoms with E-state index in [1.165, 1.54) is 12.1 Å². The highest BCUT2D eigenvalue weighted by Crippen LogP contribution is 2.38. The Morgan fingerprint density at radius 2 is 1.89 bits per heavy atom. The molecule has 5 N–H and O–H groups in total. The zero-order valence-electron chi connectivity index (χ0n) is 20.3. The van der Waals surface area contributed by atoms with Crippen molar-refractivity contribution in [2.45, 2.75) is 63.5 Å². The molecule has 0 saturated heterocycles. The van der Waals surface area contributed by atoms with Crippen molar-refractivity contribution in [3.05, 3.63) is 34.2 Å². The van der Waals surface area contributed by atoms with Crippen LogP contribution in [0.3, 0.4) is 0 Å². The molecule has 2 aromatic heterocycles. The van der Waals surface area contributed by atoms with Crippen LogP contribution < -0.4 is 16.4 Å². The molecule has 1 amide bonds. The molecule has 2 aliphatic rings. The number of nitrogens with two attached hydrogens (primary N) is 1. The van der Waals surface area contributed by atoms with Crippen molar-refractivity contribution >= 4 is 57.9 Å².